The van der Waals surface area contributed by atoms with Gasteiger partial charge in [-0.15, -0.1) is 0 Å². The molecule has 2 heteroatoms. The molecule has 0 aromatic carbocycles. The predicted molar refractivity (Wildman–Crippen MR) is 54.9 cm³/mol. The molecule has 0 aliphatic heterocycles. The van der Waals surface area contributed by atoms with Crippen LogP contribution in [0.15, 0.2) is 0 Å². The average molecular weight is 172 g/mol. The van der Waals surface area contributed by atoms with E-state index >= 15 is 0 Å². The Bertz CT molecular complexity index is 133. The van der Waals surface area contributed by atoms with Gasteiger partial charge in [0.1, 0.15) is 0 Å². The largest absolute Gasteiger partial charge is 0.330 e. The summed E-state index contributed by atoms with van der Waals surface area (Å²) in [6.07, 6.45) is 0.992. The molecule has 1 unspecified atom stereocenters. The first-order chi connectivity index (χ1) is 5.22. The minimum atomic E-state index is 0.146. The maximum Gasteiger partial charge on any atom is 0.0140 e. The van der Waals surface area contributed by atoms with Gasteiger partial charge in [-0.1, -0.05) is 34.6 Å². The van der Waals surface area contributed by atoms with Crippen LogP contribution >= 0.6 is 0 Å². The fourth-order valence-electron chi connectivity index (χ4n) is 1.70. The fourth-order valence-corrected chi connectivity index (χ4v) is 1.70. The molecule has 0 bridgehead atoms. The van der Waals surface area contributed by atoms with Crippen molar-refractivity contribution in [3.8, 4) is 0 Å². The summed E-state index contributed by atoms with van der Waals surface area (Å²) < 4.78 is 0. The van der Waals surface area contributed by atoms with Gasteiger partial charge in [0.05, 0.1) is 0 Å². The highest BCUT2D eigenvalue weighted by Gasteiger charge is 2.34. The Labute approximate surface area is 76.7 Å². The van der Waals surface area contributed by atoms with Crippen molar-refractivity contribution in [2.45, 2.75) is 47.1 Å². The Morgan fingerprint density at radius 3 is 1.75 bits per heavy atom. The summed E-state index contributed by atoms with van der Waals surface area (Å²) in [5, 5.41) is 0. The third kappa shape index (κ3) is 3.11. The van der Waals surface area contributed by atoms with E-state index in [-0.39, 0.29) is 16.9 Å². The van der Waals surface area contributed by atoms with Gasteiger partial charge >= 0.3 is 0 Å². The standard InChI is InChI=1S/C10H24N2/c1-9(2,3)8(12)10(4,5)6-7-11/h8H,6-7,11-12H2,1-5H3. The third-order valence-corrected chi connectivity index (χ3v) is 2.56. The van der Waals surface area contributed by atoms with Crippen molar-refractivity contribution in [1.29, 1.82) is 0 Å². The summed E-state index contributed by atoms with van der Waals surface area (Å²) in [7, 11) is 0. The van der Waals surface area contributed by atoms with Crippen molar-refractivity contribution in [2.75, 3.05) is 6.54 Å². The van der Waals surface area contributed by atoms with Crippen LogP contribution in [0.2, 0.25) is 0 Å². The molecule has 0 rings (SSSR count). The van der Waals surface area contributed by atoms with Crippen molar-refractivity contribution in [2.24, 2.45) is 22.3 Å². The van der Waals surface area contributed by atoms with Crippen LogP contribution < -0.4 is 11.5 Å². The van der Waals surface area contributed by atoms with Crippen LogP contribution in [0.3, 0.4) is 0 Å². The highest BCUT2D eigenvalue weighted by atomic mass is 14.7. The lowest BCUT2D eigenvalue weighted by molar-refractivity contribution is 0.153. The fraction of sp³-hybridized carbons (Fsp3) is 1.00. The average Bonchev–Trinajstić information content (AvgIpc) is 1.84. The Morgan fingerprint density at radius 1 is 1.08 bits per heavy atom. The molecule has 0 aliphatic rings. The van der Waals surface area contributed by atoms with Crippen LogP contribution in [0.1, 0.15) is 41.0 Å². The first-order valence-corrected chi connectivity index (χ1v) is 4.67. The van der Waals surface area contributed by atoms with Crippen molar-refractivity contribution in [3.63, 3.8) is 0 Å². The highest BCUT2D eigenvalue weighted by molar-refractivity contribution is 4.89. The number of hydrogen-bond donors (Lipinski definition) is 2. The van der Waals surface area contributed by atoms with Gasteiger partial charge in [-0.3, -0.25) is 0 Å². The summed E-state index contributed by atoms with van der Waals surface area (Å²) in [6, 6.07) is 0.202. The summed E-state index contributed by atoms with van der Waals surface area (Å²) >= 11 is 0. The van der Waals surface area contributed by atoms with Crippen LogP contribution in [0.25, 0.3) is 0 Å². The zero-order valence-corrected chi connectivity index (χ0v) is 9.15. The minimum Gasteiger partial charge on any atom is -0.330 e. The SMILES string of the molecule is CC(C)(C)C(N)C(C)(C)CCN. The van der Waals surface area contributed by atoms with E-state index in [9.17, 15) is 0 Å². The monoisotopic (exact) mass is 172 g/mol. The summed E-state index contributed by atoms with van der Waals surface area (Å²) in [4.78, 5) is 0. The van der Waals surface area contributed by atoms with Crippen LogP contribution in [0, 0.1) is 10.8 Å². The van der Waals surface area contributed by atoms with Gasteiger partial charge in [0, 0.05) is 6.04 Å². The normalized spacial score (nSPS) is 16.2. The van der Waals surface area contributed by atoms with Crippen LogP contribution in [-0.4, -0.2) is 12.6 Å². The van der Waals surface area contributed by atoms with Crippen molar-refractivity contribution in [3.05, 3.63) is 0 Å². The molecule has 0 amide bonds. The molecule has 4 N–H and O–H groups in total. The molecule has 0 aromatic heterocycles. The van der Waals surface area contributed by atoms with Crippen molar-refractivity contribution >= 4 is 0 Å². The molecule has 0 radical (unpaired) electrons. The summed E-state index contributed by atoms with van der Waals surface area (Å²) in [6.45, 7) is 11.6. The van der Waals surface area contributed by atoms with Gasteiger partial charge in [-0.25, -0.2) is 0 Å². The lowest BCUT2D eigenvalue weighted by Gasteiger charge is -2.40. The predicted octanol–water partition coefficient (Wildman–Crippen LogP) is 1.73. The summed E-state index contributed by atoms with van der Waals surface area (Å²) in [5.41, 5.74) is 12.0. The second-order valence-corrected chi connectivity index (χ2v) is 5.37. The zero-order valence-electron chi connectivity index (χ0n) is 9.15. The second-order valence-electron chi connectivity index (χ2n) is 5.37. The molecule has 12 heavy (non-hydrogen) atoms. The van der Waals surface area contributed by atoms with E-state index in [4.69, 9.17) is 11.5 Å². The molecule has 0 heterocycles. The molecule has 0 fully saturated rings. The first kappa shape index (κ1) is 11.9. The Hall–Kier alpha value is -0.0800. The zero-order chi connectivity index (χ0) is 9.99. The maximum atomic E-state index is 6.16. The van der Waals surface area contributed by atoms with Gasteiger partial charge in [0.15, 0.2) is 0 Å². The first-order valence-electron chi connectivity index (χ1n) is 4.67. The third-order valence-electron chi connectivity index (χ3n) is 2.56. The van der Waals surface area contributed by atoms with Crippen LogP contribution in [-0.2, 0) is 0 Å². The molecular weight excluding hydrogens is 148 g/mol. The molecule has 0 saturated heterocycles. The molecule has 0 aliphatic carbocycles. The Morgan fingerprint density at radius 2 is 1.50 bits per heavy atom. The molecule has 1 atom stereocenters. The van der Waals surface area contributed by atoms with Gasteiger partial charge in [-0.05, 0) is 23.8 Å². The van der Waals surface area contributed by atoms with E-state index in [1.165, 1.54) is 0 Å². The van der Waals surface area contributed by atoms with E-state index in [1.54, 1.807) is 0 Å². The van der Waals surface area contributed by atoms with Crippen molar-refractivity contribution < 1.29 is 0 Å². The molecule has 0 aromatic rings. The van der Waals surface area contributed by atoms with E-state index in [1.807, 2.05) is 0 Å². The number of rotatable bonds is 3. The van der Waals surface area contributed by atoms with E-state index in [2.05, 4.69) is 34.6 Å². The van der Waals surface area contributed by atoms with Crippen LogP contribution in [0.4, 0.5) is 0 Å². The van der Waals surface area contributed by atoms with Gasteiger partial charge in [-0.2, -0.15) is 0 Å². The lowest BCUT2D eigenvalue weighted by Crippen LogP contribution is -2.47. The Balaban J connectivity index is 4.34. The van der Waals surface area contributed by atoms with Crippen molar-refractivity contribution in [1.82, 2.24) is 0 Å². The molecule has 0 spiro atoms. The minimum absolute atomic E-state index is 0.146. The summed E-state index contributed by atoms with van der Waals surface area (Å²) in [5.74, 6) is 0. The smallest absolute Gasteiger partial charge is 0.0140 e. The van der Waals surface area contributed by atoms with E-state index < -0.39 is 0 Å². The van der Waals surface area contributed by atoms with Gasteiger partial charge in [0.2, 0.25) is 0 Å². The second kappa shape index (κ2) is 3.75. The molecule has 74 valence electrons. The van der Waals surface area contributed by atoms with Gasteiger partial charge < -0.3 is 11.5 Å². The number of nitrogens with two attached hydrogens (primary N) is 2. The highest BCUT2D eigenvalue weighted by Crippen LogP contribution is 2.34. The maximum absolute atomic E-state index is 6.16. The lowest BCUT2D eigenvalue weighted by atomic mass is 9.70. The number of hydrogen-bond acceptors (Lipinski definition) is 2. The van der Waals surface area contributed by atoms with E-state index in [0.717, 1.165) is 13.0 Å². The molecular formula is C10H24N2. The Kier molecular flexibility index (Phi) is 3.73. The topological polar surface area (TPSA) is 52.0 Å². The van der Waals surface area contributed by atoms with Crippen LogP contribution in [0.5, 0.6) is 0 Å². The quantitative estimate of drug-likeness (QED) is 0.681. The van der Waals surface area contributed by atoms with E-state index in [0.29, 0.717) is 0 Å². The molecule has 2 nitrogen and oxygen atoms in total. The molecule has 0 saturated carbocycles. The van der Waals surface area contributed by atoms with Gasteiger partial charge in [0.25, 0.3) is 0 Å².